The fraction of sp³-hybridized carbons (Fsp3) is 0.500. The van der Waals surface area contributed by atoms with Gasteiger partial charge < -0.3 is 10.1 Å². The third-order valence-electron chi connectivity index (χ3n) is 2.83. The molecule has 2 rings (SSSR count). The zero-order chi connectivity index (χ0) is 12.8. The zero-order valence-corrected chi connectivity index (χ0v) is 10.8. The molecule has 6 heteroatoms. The predicted molar refractivity (Wildman–Crippen MR) is 69.7 cm³/mol. The van der Waals surface area contributed by atoms with Gasteiger partial charge in [0.1, 0.15) is 16.9 Å². The summed E-state index contributed by atoms with van der Waals surface area (Å²) in [5.41, 5.74) is 0.445. The number of pyridine rings is 1. The number of hydrogen-bond acceptors (Lipinski definition) is 5. The van der Waals surface area contributed by atoms with Gasteiger partial charge in [0.05, 0.1) is 18.8 Å². The number of nitrogens with zero attached hydrogens (tertiary/aromatic N) is 3. The van der Waals surface area contributed by atoms with Gasteiger partial charge in [-0.05, 0) is 6.07 Å². The van der Waals surface area contributed by atoms with E-state index in [1.807, 2.05) is 6.07 Å². The highest BCUT2D eigenvalue weighted by Crippen LogP contribution is 2.22. The molecule has 0 bridgehead atoms. The first-order chi connectivity index (χ1) is 8.81. The minimum absolute atomic E-state index is 0.391. The molecule has 0 unspecified atom stereocenters. The van der Waals surface area contributed by atoms with E-state index in [2.05, 4.69) is 15.2 Å². The SMILES string of the molecule is N#Cc1ccnc(NCCN2CCOCC2)c1Cl. The van der Waals surface area contributed by atoms with Crippen LogP contribution in [0.5, 0.6) is 0 Å². The van der Waals surface area contributed by atoms with Crippen LogP contribution in [-0.4, -0.2) is 49.3 Å². The normalized spacial score (nSPS) is 16.2. The van der Waals surface area contributed by atoms with E-state index in [1.54, 1.807) is 12.3 Å². The minimum Gasteiger partial charge on any atom is -0.379 e. The maximum absolute atomic E-state index is 8.86. The topological polar surface area (TPSA) is 61.2 Å². The molecule has 5 nitrogen and oxygen atoms in total. The van der Waals surface area contributed by atoms with Gasteiger partial charge >= 0.3 is 0 Å². The number of ether oxygens (including phenoxy) is 1. The smallest absolute Gasteiger partial charge is 0.146 e. The van der Waals surface area contributed by atoms with Crippen molar-refractivity contribution in [3.8, 4) is 6.07 Å². The van der Waals surface area contributed by atoms with E-state index >= 15 is 0 Å². The fourth-order valence-corrected chi connectivity index (χ4v) is 2.03. The van der Waals surface area contributed by atoms with Crippen LogP contribution in [0, 0.1) is 11.3 Å². The quantitative estimate of drug-likeness (QED) is 0.891. The summed E-state index contributed by atoms with van der Waals surface area (Å²) < 4.78 is 5.28. The van der Waals surface area contributed by atoms with E-state index in [1.165, 1.54) is 0 Å². The first-order valence-corrected chi connectivity index (χ1v) is 6.27. The Morgan fingerprint density at radius 1 is 1.50 bits per heavy atom. The molecule has 0 amide bonds. The maximum atomic E-state index is 8.86. The van der Waals surface area contributed by atoms with Crippen LogP contribution in [0.2, 0.25) is 5.02 Å². The third kappa shape index (κ3) is 3.33. The van der Waals surface area contributed by atoms with E-state index < -0.39 is 0 Å². The summed E-state index contributed by atoms with van der Waals surface area (Å²) in [5.74, 6) is 0.573. The summed E-state index contributed by atoms with van der Waals surface area (Å²) in [6, 6.07) is 3.64. The largest absolute Gasteiger partial charge is 0.379 e. The molecule has 1 saturated heterocycles. The Morgan fingerprint density at radius 3 is 3.00 bits per heavy atom. The van der Waals surface area contributed by atoms with Crippen LogP contribution < -0.4 is 5.32 Å². The van der Waals surface area contributed by atoms with Crippen molar-refractivity contribution < 1.29 is 4.74 Å². The van der Waals surface area contributed by atoms with Gasteiger partial charge in [-0.3, -0.25) is 4.90 Å². The summed E-state index contributed by atoms with van der Waals surface area (Å²) >= 11 is 6.05. The van der Waals surface area contributed by atoms with Crippen LogP contribution in [-0.2, 0) is 4.74 Å². The Hall–Kier alpha value is -1.35. The summed E-state index contributed by atoms with van der Waals surface area (Å²) in [7, 11) is 0. The molecule has 1 N–H and O–H groups in total. The number of aromatic nitrogens is 1. The highest BCUT2D eigenvalue weighted by atomic mass is 35.5. The Labute approximate surface area is 111 Å². The van der Waals surface area contributed by atoms with Crippen LogP contribution in [0.15, 0.2) is 12.3 Å². The molecule has 1 aliphatic heterocycles. The number of hydrogen-bond donors (Lipinski definition) is 1. The lowest BCUT2D eigenvalue weighted by Gasteiger charge is -2.26. The van der Waals surface area contributed by atoms with Gasteiger partial charge in [-0.15, -0.1) is 0 Å². The molecule has 1 fully saturated rings. The number of morpholine rings is 1. The van der Waals surface area contributed by atoms with Crippen molar-refractivity contribution in [3.05, 3.63) is 22.8 Å². The first-order valence-electron chi connectivity index (χ1n) is 5.90. The second-order valence-corrected chi connectivity index (χ2v) is 4.39. The van der Waals surface area contributed by atoms with Gasteiger partial charge in [0, 0.05) is 32.4 Å². The molecule has 0 aliphatic carbocycles. The fourth-order valence-electron chi connectivity index (χ4n) is 1.81. The molecule has 0 saturated carbocycles. The monoisotopic (exact) mass is 266 g/mol. The van der Waals surface area contributed by atoms with Gasteiger partial charge in [0.15, 0.2) is 0 Å². The molecular formula is C12H15ClN4O. The summed E-state index contributed by atoms with van der Waals surface area (Å²) in [4.78, 5) is 6.45. The van der Waals surface area contributed by atoms with E-state index in [-0.39, 0.29) is 0 Å². The summed E-state index contributed by atoms with van der Waals surface area (Å²) in [6.07, 6.45) is 1.58. The highest BCUT2D eigenvalue weighted by molar-refractivity contribution is 6.34. The van der Waals surface area contributed by atoms with Gasteiger partial charge in [-0.1, -0.05) is 11.6 Å². The molecule has 1 aliphatic rings. The van der Waals surface area contributed by atoms with Crippen molar-refractivity contribution in [2.24, 2.45) is 0 Å². The summed E-state index contributed by atoms with van der Waals surface area (Å²) in [5, 5.41) is 12.4. The zero-order valence-electron chi connectivity index (χ0n) is 10.0. The van der Waals surface area contributed by atoms with E-state index in [0.29, 0.717) is 16.4 Å². The van der Waals surface area contributed by atoms with Crippen LogP contribution >= 0.6 is 11.6 Å². The van der Waals surface area contributed by atoms with Crippen LogP contribution in [0.1, 0.15) is 5.56 Å². The molecule has 0 spiro atoms. The van der Waals surface area contributed by atoms with Gasteiger partial charge in [-0.2, -0.15) is 5.26 Å². The lowest BCUT2D eigenvalue weighted by atomic mass is 10.3. The number of nitriles is 1. The van der Waals surface area contributed by atoms with E-state index in [9.17, 15) is 0 Å². The van der Waals surface area contributed by atoms with Crippen LogP contribution in [0.4, 0.5) is 5.82 Å². The number of anilines is 1. The second kappa shape index (κ2) is 6.55. The molecule has 96 valence electrons. The standard InChI is InChI=1S/C12H15ClN4O/c13-11-10(9-14)1-2-15-12(11)16-3-4-17-5-7-18-8-6-17/h1-2H,3-8H2,(H,15,16). The third-order valence-corrected chi connectivity index (χ3v) is 3.22. The van der Waals surface area contributed by atoms with Gasteiger partial charge in [0.2, 0.25) is 0 Å². The molecule has 18 heavy (non-hydrogen) atoms. The molecule has 1 aromatic heterocycles. The highest BCUT2D eigenvalue weighted by Gasteiger charge is 2.10. The van der Waals surface area contributed by atoms with Crippen molar-refractivity contribution in [2.75, 3.05) is 44.7 Å². The van der Waals surface area contributed by atoms with Crippen LogP contribution in [0.25, 0.3) is 0 Å². The lowest BCUT2D eigenvalue weighted by Crippen LogP contribution is -2.39. The van der Waals surface area contributed by atoms with Gasteiger partial charge in [-0.25, -0.2) is 4.98 Å². The second-order valence-electron chi connectivity index (χ2n) is 4.01. The van der Waals surface area contributed by atoms with Crippen molar-refractivity contribution in [1.29, 1.82) is 5.26 Å². The number of nitrogens with one attached hydrogen (secondary N) is 1. The Bertz CT molecular complexity index is 440. The maximum Gasteiger partial charge on any atom is 0.146 e. The lowest BCUT2D eigenvalue weighted by molar-refractivity contribution is 0.0398. The molecular weight excluding hydrogens is 252 g/mol. The average molecular weight is 267 g/mol. The molecule has 0 atom stereocenters. The average Bonchev–Trinajstić information content (AvgIpc) is 2.42. The Kier molecular flexibility index (Phi) is 4.76. The predicted octanol–water partition coefficient (Wildman–Crippen LogP) is 1.35. The van der Waals surface area contributed by atoms with Crippen molar-refractivity contribution in [3.63, 3.8) is 0 Å². The van der Waals surface area contributed by atoms with E-state index in [0.717, 1.165) is 39.4 Å². The first kappa shape index (κ1) is 13.1. The number of halogens is 1. The molecule has 0 aromatic carbocycles. The molecule has 2 heterocycles. The van der Waals surface area contributed by atoms with Crippen molar-refractivity contribution in [2.45, 2.75) is 0 Å². The van der Waals surface area contributed by atoms with E-state index in [4.69, 9.17) is 21.6 Å². The molecule has 1 aromatic rings. The molecule has 0 radical (unpaired) electrons. The Morgan fingerprint density at radius 2 is 2.28 bits per heavy atom. The van der Waals surface area contributed by atoms with Crippen molar-refractivity contribution >= 4 is 17.4 Å². The van der Waals surface area contributed by atoms with Crippen molar-refractivity contribution in [1.82, 2.24) is 9.88 Å². The van der Waals surface area contributed by atoms with Gasteiger partial charge in [0.25, 0.3) is 0 Å². The number of rotatable bonds is 4. The summed E-state index contributed by atoms with van der Waals surface area (Å²) in [6.45, 7) is 5.17. The Balaban J connectivity index is 1.84. The van der Waals surface area contributed by atoms with Crippen LogP contribution in [0.3, 0.4) is 0 Å². The minimum atomic E-state index is 0.391.